The summed E-state index contributed by atoms with van der Waals surface area (Å²) in [6, 6.07) is 10.4. The van der Waals surface area contributed by atoms with E-state index < -0.39 is 0 Å². The number of benzene rings is 1. The van der Waals surface area contributed by atoms with Crippen molar-refractivity contribution in [2.75, 3.05) is 26.2 Å². The summed E-state index contributed by atoms with van der Waals surface area (Å²) < 4.78 is 0. The van der Waals surface area contributed by atoms with Gasteiger partial charge >= 0.3 is 0 Å². The molecule has 1 aliphatic rings. The molecule has 1 N–H and O–H groups in total. The van der Waals surface area contributed by atoms with Gasteiger partial charge < -0.3 is 10.2 Å². The molecule has 3 nitrogen and oxygen atoms in total. The average Bonchev–Trinajstić information content (AvgIpc) is 2.73. The molecule has 1 aromatic rings. The molecule has 0 atom stereocenters. The highest BCUT2D eigenvalue weighted by Crippen LogP contribution is 2.09. The number of rotatable bonds is 5. The van der Waals surface area contributed by atoms with Crippen LogP contribution in [0.25, 0.3) is 0 Å². The molecule has 2 rings (SSSR count). The Morgan fingerprint density at radius 3 is 2.42 bits per heavy atom. The fourth-order valence-corrected chi connectivity index (χ4v) is 2.50. The Balaban J connectivity index is 1.63. The fourth-order valence-electron chi connectivity index (χ4n) is 2.50. The largest absolute Gasteiger partial charge is 0.342 e. The average molecular weight is 260 g/mol. The van der Waals surface area contributed by atoms with Gasteiger partial charge in [0.05, 0.1) is 6.54 Å². The molecule has 1 amide bonds. The first-order chi connectivity index (χ1) is 9.36. The maximum atomic E-state index is 12.0. The molecule has 104 valence electrons. The number of carbonyl (C=O) groups is 1. The van der Waals surface area contributed by atoms with Crippen molar-refractivity contribution in [2.45, 2.75) is 32.1 Å². The normalized spacial score (nSPS) is 16.1. The van der Waals surface area contributed by atoms with E-state index >= 15 is 0 Å². The van der Waals surface area contributed by atoms with Crippen molar-refractivity contribution in [2.24, 2.45) is 0 Å². The summed E-state index contributed by atoms with van der Waals surface area (Å²) in [4.78, 5) is 14.0. The van der Waals surface area contributed by atoms with E-state index in [1.54, 1.807) is 0 Å². The summed E-state index contributed by atoms with van der Waals surface area (Å²) in [5.74, 6) is 0.259. The van der Waals surface area contributed by atoms with Crippen LogP contribution < -0.4 is 5.32 Å². The second kappa shape index (κ2) is 7.95. The third-order valence-electron chi connectivity index (χ3n) is 3.67. The maximum Gasteiger partial charge on any atom is 0.236 e. The molecular formula is C16H24N2O. The molecule has 3 heteroatoms. The van der Waals surface area contributed by atoms with Crippen LogP contribution in [0.15, 0.2) is 30.3 Å². The molecule has 19 heavy (non-hydrogen) atoms. The number of carbonyl (C=O) groups excluding carboxylic acids is 1. The Morgan fingerprint density at radius 1 is 1.05 bits per heavy atom. The predicted octanol–water partition coefficient (Wildman–Crippen LogP) is 2.22. The molecule has 0 saturated carbocycles. The van der Waals surface area contributed by atoms with Crippen molar-refractivity contribution < 1.29 is 4.79 Å². The van der Waals surface area contributed by atoms with Gasteiger partial charge in [-0.2, -0.15) is 0 Å². The molecule has 1 fully saturated rings. The van der Waals surface area contributed by atoms with E-state index in [1.807, 2.05) is 11.0 Å². The van der Waals surface area contributed by atoms with Crippen LogP contribution in [0.5, 0.6) is 0 Å². The van der Waals surface area contributed by atoms with Crippen LogP contribution in [0.3, 0.4) is 0 Å². The Bertz CT molecular complexity index is 370. The molecule has 1 aromatic carbocycles. The fraction of sp³-hybridized carbons (Fsp3) is 0.562. The van der Waals surface area contributed by atoms with E-state index in [0.29, 0.717) is 6.54 Å². The third kappa shape index (κ3) is 5.03. The highest BCUT2D eigenvalue weighted by atomic mass is 16.2. The van der Waals surface area contributed by atoms with Crippen LogP contribution in [0.1, 0.15) is 31.2 Å². The Morgan fingerprint density at radius 2 is 1.74 bits per heavy atom. The molecule has 0 radical (unpaired) electrons. The zero-order valence-electron chi connectivity index (χ0n) is 11.6. The highest BCUT2D eigenvalue weighted by molar-refractivity contribution is 5.78. The van der Waals surface area contributed by atoms with Crippen molar-refractivity contribution in [3.63, 3.8) is 0 Å². The second-order valence-corrected chi connectivity index (χ2v) is 5.21. The van der Waals surface area contributed by atoms with Gasteiger partial charge in [-0.1, -0.05) is 43.2 Å². The first-order valence-corrected chi connectivity index (χ1v) is 7.39. The molecule has 0 unspecified atom stereocenters. The summed E-state index contributed by atoms with van der Waals surface area (Å²) in [5, 5.41) is 3.26. The minimum absolute atomic E-state index is 0.259. The van der Waals surface area contributed by atoms with Crippen LogP contribution >= 0.6 is 0 Å². The summed E-state index contributed by atoms with van der Waals surface area (Å²) >= 11 is 0. The van der Waals surface area contributed by atoms with Gasteiger partial charge in [0.1, 0.15) is 0 Å². The van der Waals surface area contributed by atoms with E-state index in [2.05, 4.69) is 29.6 Å². The quantitative estimate of drug-likeness (QED) is 0.823. The molecule has 1 heterocycles. The van der Waals surface area contributed by atoms with Crippen molar-refractivity contribution in [3.05, 3.63) is 35.9 Å². The van der Waals surface area contributed by atoms with E-state index in [4.69, 9.17) is 0 Å². The minimum atomic E-state index is 0.259. The van der Waals surface area contributed by atoms with E-state index in [-0.39, 0.29) is 5.91 Å². The monoisotopic (exact) mass is 260 g/mol. The van der Waals surface area contributed by atoms with Crippen molar-refractivity contribution >= 4 is 5.91 Å². The van der Waals surface area contributed by atoms with Gasteiger partial charge in [0.15, 0.2) is 0 Å². The molecule has 0 aliphatic carbocycles. The molecule has 1 saturated heterocycles. The molecule has 0 bridgehead atoms. The molecule has 1 aliphatic heterocycles. The summed E-state index contributed by atoms with van der Waals surface area (Å²) in [6.45, 7) is 3.23. The number of hydrogen-bond acceptors (Lipinski definition) is 2. The summed E-state index contributed by atoms with van der Waals surface area (Å²) in [7, 11) is 0. The first-order valence-electron chi connectivity index (χ1n) is 7.39. The topological polar surface area (TPSA) is 32.3 Å². The number of amides is 1. The van der Waals surface area contributed by atoms with E-state index in [9.17, 15) is 4.79 Å². The number of likely N-dealkylation sites (tertiary alicyclic amines) is 1. The Kier molecular flexibility index (Phi) is 5.89. The number of hydrogen-bond donors (Lipinski definition) is 1. The predicted molar refractivity (Wildman–Crippen MR) is 78.1 cm³/mol. The van der Waals surface area contributed by atoms with Gasteiger partial charge in [0.2, 0.25) is 5.91 Å². The van der Waals surface area contributed by atoms with Crippen LogP contribution in [-0.4, -0.2) is 37.0 Å². The van der Waals surface area contributed by atoms with Crippen molar-refractivity contribution in [1.82, 2.24) is 10.2 Å². The van der Waals surface area contributed by atoms with Gasteiger partial charge in [-0.05, 0) is 31.4 Å². The number of nitrogens with zero attached hydrogens (tertiary/aromatic N) is 1. The standard InChI is InChI=1S/C16H24N2O/c19-16(18-12-6-1-2-7-13-18)14-17-11-10-15-8-4-3-5-9-15/h3-5,8-9,17H,1-2,6-7,10-14H2. The van der Waals surface area contributed by atoms with Crippen LogP contribution in [0, 0.1) is 0 Å². The molecular weight excluding hydrogens is 236 g/mol. The summed E-state index contributed by atoms with van der Waals surface area (Å²) in [5.41, 5.74) is 1.32. The van der Waals surface area contributed by atoms with E-state index in [0.717, 1.165) is 38.9 Å². The van der Waals surface area contributed by atoms with Crippen LogP contribution in [0.2, 0.25) is 0 Å². The maximum absolute atomic E-state index is 12.0. The van der Waals surface area contributed by atoms with Crippen molar-refractivity contribution in [3.8, 4) is 0 Å². The zero-order chi connectivity index (χ0) is 13.3. The van der Waals surface area contributed by atoms with Gasteiger partial charge in [0, 0.05) is 13.1 Å². The Labute approximate surface area is 116 Å². The number of nitrogens with one attached hydrogen (secondary N) is 1. The Hall–Kier alpha value is -1.35. The van der Waals surface area contributed by atoms with Crippen LogP contribution in [0.4, 0.5) is 0 Å². The van der Waals surface area contributed by atoms with Crippen molar-refractivity contribution in [1.29, 1.82) is 0 Å². The first kappa shape index (κ1) is 14.1. The molecule has 0 spiro atoms. The second-order valence-electron chi connectivity index (χ2n) is 5.21. The SMILES string of the molecule is O=C(CNCCc1ccccc1)N1CCCCCC1. The lowest BCUT2D eigenvalue weighted by molar-refractivity contribution is -0.130. The summed E-state index contributed by atoms with van der Waals surface area (Å²) in [6.07, 6.45) is 5.84. The third-order valence-corrected chi connectivity index (χ3v) is 3.67. The smallest absolute Gasteiger partial charge is 0.236 e. The van der Waals surface area contributed by atoms with Crippen LogP contribution in [-0.2, 0) is 11.2 Å². The lowest BCUT2D eigenvalue weighted by Crippen LogP contribution is -2.39. The lowest BCUT2D eigenvalue weighted by atomic mass is 10.1. The highest BCUT2D eigenvalue weighted by Gasteiger charge is 2.14. The lowest BCUT2D eigenvalue weighted by Gasteiger charge is -2.20. The van der Waals surface area contributed by atoms with Gasteiger partial charge in [-0.15, -0.1) is 0 Å². The molecule has 0 aromatic heterocycles. The van der Waals surface area contributed by atoms with Gasteiger partial charge in [-0.25, -0.2) is 0 Å². The zero-order valence-corrected chi connectivity index (χ0v) is 11.6. The van der Waals surface area contributed by atoms with Gasteiger partial charge in [-0.3, -0.25) is 4.79 Å². The minimum Gasteiger partial charge on any atom is -0.342 e. The van der Waals surface area contributed by atoms with Gasteiger partial charge in [0.25, 0.3) is 0 Å². The van der Waals surface area contributed by atoms with E-state index in [1.165, 1.54) is 18.4 Å².